The molecule has 6 nitrogen and oxygen atoms in total. The van der Waals surface area contributed by atoms with Gasteiger partial charge < -0.3 is 21.1 Å². The van der Waals surface area contributed by atoms with Crippen LogP contribution in [0.25, 0.3) is 11.1 Å². The second-order valence-corrected chi connectivity index (χ2v) is 8.92. The Balaban J connectivity index is 1.98. The number of nitrogen functional groups attached to an aromatic ring is 1. The van der Waals surface area contributed by atoms with E-state index in [1.54, 1.807) is 25.3 Å². The molecule has 1 aromatic heterocycles. The van der Waals surface area contributed by atoms with Crippen LogP contribution in [0.3, 0.4) is 0 Å². The van der Waals surface area contributed by atoms with Gasteiger partial charge in [0.2, 0.25) is 5.91 Å². The standard InChI is InChI=1S/C26H29Cl2FN4O2/c1-4-33(5-2)11-10-16-12-17(26(31)34)6-7-19(16)18-13-22(25(30)32-14-18)35-15(3)23-20(27)8-9-21(29)24(23)28/h6-9,12-15H,4-5,10-11H2,1-3H3,(H2,30,32)(H2,31,34). The van der Waals surface area contributed by atoms with Crippen LogP contribution in [0.2, 0.25) is 10.0 Å². The number of likely N-dealkylation sites (N-methyl/N-ethyl adjacent to an activating group) is 1. The first-order valence-corrected chi connectivity index (χ1v) is 12.1. The molecule has 4 N–H and O–H groups in total. The Morgan fingerprint density at radius 3 is 2.54 bits per heavy atom. The highest BCUT2D eigenvalue weighted by atomic mass is 35.5. The second-order valence-electron chi connectivity index (χ2n) is 8.14. The highest BCUT2D eigenvalue weighted by Gasteiger charge is 2.20. The summed E-state index contributed by atoms with van der Waals surface area (Å²) in [6.07, 6.45) is 1.67. The predicted octanol–water partition coefficient (Wildman–Crippen LogP) is 5.90. The van der Waals surface area contributed by atoms with Crippen molar-refractivity contribution in [3.05, 3.63) is 75.1 Å². The maximum atomic E-state index is 14.0. The van der Waals surface area contributed by atoms with E-state index in [0.717, 1.165) is 36.3 Å². The minimum absolute atomic E-state index is 0.103. The Kier molecular flexibility index (Phi) is 8.94. The number of pyridine rings is 1. The lowest BCUT2D eigenvalue weighted by atomic mass is 9.96. The first-order valence-electron chi connectivity index (χ1n) is 11.4. The van der Waals surface area contributed by atoms with Gasteiger partial charge in [0.1, 0.15) is 11.9 Å². The Morgan fingerprint density at radius 2 is 1.89 bits per heavy atom. The molecular formula is C26H29Cl2FN4O2. The monoisotopic (exact) mass is 518 g/mol. The van der Waals surface area contributed by atoms with Crippen LogP contribution < -0.4 is 16.2 Å². The van der Waals surface area contributed by atoms with Crippen molar-refractivity contribution in [2.45, 2.75) is 33.3 Å². The van der Waals surface area contributed by atoms with E-state index in [1.165, 1.54) is 12.1 Å². The smallest absolute Gasteiger partial charge is 0.248 e. The molecule has 1 amide bonds. The number of ether oxygens (including phenoxy) is 1. The zero-order chi connectivity index (χ0) is 25.7. The van der Waals surface area contributed by atoms with E-state index in [4.69, 9.17) is 39.4 Å². The molecule has 9 heteroatoms. The number of anilines is 1. The lowest BCUT2D eigenvalue weighted by molar-refractivity contribution is 0.1000. The zero-order valence-electron chi connectivity index (χ0n) is 19.9. The minimum atomic E-state index is -0.690. The van der Waals surface area contributed by atoms with Gasteiger partial charge in [0.25, 0.3) is 0 Å². The molecular weight excluding hydrogens is 490 g/mol. The molecule has 186 valence electrons. The lowest BCUT2D eigenvalue weighted by Crippen LogP contribution is -2.25. The van der Waals surface area contributed by atoms with Gasteiger partial charge in [-0.05, 0) is 67.9 Å². The van der Waals surface area contributed by atoms with E-state index in [1.807, 2.05) is 12.1 Å². The van der Waals surface area contributed by atoms with Gasteiger partial charge in [-0.1, -0.05) is 43.1 Å². The summed E-state index contributed by atoms with van der Waals surface area (Å²) in [4.78, 5) is 18.4. The molecule has 0 fully saturated rings. The lowest BCUT2D eigenvalue weighted by Gasteiger charge is -2.21. The summed E-state index contributed by atoms with van der Waals surface area (Å²) in [5, 5.41) is 0.181. The Bertz CT molecular complexity index is 1220. The number of amides is 1. The Morgan fingerprint density at radius 1 is 1.17 bits per heavy atom. The number of nitrogens with zero attached hydrogens (tertiary/aromatic N) is 2. The summed E-state index contributed by atoms with van der Waals surface area (Å²) >= 11 is 12.4. The van der Waals surface area contributed by atoms with E-state index >= 15 is 0 Å². The van der Waals surface area contributed by atoms with Crippen molar-refractivity contribution in [3.8, 4) is 16.9 Å². The van der Waals surface area contributed by atoms with Gasteiger partial charge in [0, 0.05) is 34.5 Å². The van der Waals surface area contributed by atoms with Crippen molar-refractivity contribution in [3.63, 3.8) is 0 Å². The Labute approximate surface area is 215 Å². The zero-order valence-corrected chi connectivity index (χ0v) is 21.5. The fourth-order valence-electron chi connectivity index (χ4n) is 3.92. The van der Waals surface area contributed by atoms with Gasteiger partial charge in [0.15, 0.2) is 11.6 Å². The molecule has 0 radical (unpaired) electrons. The first kappa shape index (κ1) is 26.7. The maximum Gasteiger partial charge on any atom is 0.248 e. The molecule has 1 atom stereocenters. The second kappa shape index (κ2) is 11.7. The van der Waals surface area contributed by atoms with Crippen LogP contribution in [0.5, 0.6) is 5.75 Å². The average Bonchev–Trinajstić information content (AvgIpc) is 2.83. The van der Waals surface area contributed by atoms with Crippen LogP contribution in [-0.4, -0.2) is 35.4 Å². The van der Waals surface area contributed by atoms with Crippen LogP contribution in [-0.2, 0) is 6.42 Å². The molecule has 35 heavy (non-hydrogen) atoms. The van der Waals surface area contributed by atoms with Gasteiger partial charge in [-0.25, -0.2) is 9.37 Å². The van der Waals surface area contributed by atoms with Crippen LogP contribution in [0, 0.1) is 5.82 Å². The summed E-state index contributed by atoms with van der Waals surface area (Å²) in [7, 11) is 0. The highest BCUT2D eigenvalue weighted by molar-refractivity contribution is 6.36. The number of rotatable bonds is 10. The van der Waals surface area contributed by atoms with E-state index in [0.29, 0.717) is 23.3 Å². The van der Waals surface area contributed by atoms with E-state index in [9.17, 15) is 9.18 Å². The maximum absolute atomic E-state index is 14.0. The molecule has 0 spiro atoms. The number of aromatic nitrogens is 1. The predicted molar refractivity (Wildman–Crippen MR) is 140 cm³/mol. The molecule has 0 saturated heterocycles. The molecule has 0 aliphatic carbocycles. The number of nitrogens with two attached hydrogens (primary N) is 2. The molecule has 1 unspecified atom stereocenters. The number of carbonyl (C=O) groups is 1. The molecule has 1 heterocycles. The third kappa shape index (κ3) is 6.23. The molecule has 0 bridgehead atoms. The van der Waals surface area contributed by atoms with Crippen LogP contribution >= 0.6 is 23.2 Å². The van der Waals surface area contributed by atoms with E-state index in [-0.39, 0.29) is 15.9 Å². The normalized spacial score (nSPS) is 12.1. The van der Waals surface area contributed by atoms with E-state index < -0.39 is 17.8 Å². The number of hydrogen-bond donors (Lipinski definition) is 2. The third-order valence-electron chi connectivity index (χ3n) is 5.96. The summed E-state index contributed by atoms with van der Waals surface area (Å²) in [5.41, 5.74) is 15.0. The fourth-order valence-corrected chi connectivity index (χ4v) is 4.59. The molecule has 2 aromatic carbocycles. The van der Waals surface area contributed by atoms with Crippen LogP contribution in [0.15, 0.2) is 42.6 Å². The fraction of sp³-hybridized carbons (Fsp3) is 0.308. The van der Waals surface area contributed by atoms with Gasteiger partial charge in [-0.3, -0.25) is 4.79 Å². The number of benzene rings is 2. The summed E-state index contributed by atoms with van der Waals surface area (Å²) in [5.74, 6) is -0.603. The quantitative estimate of drug-likeness (QED) is 0.325. The third-order valence-corrected chi connectivity index (χ3v) is 6.68. The van der Waals surface area contributed by atoms with Crippen molar-refractivity contribution in [1.29, 1.82) is 0 Å². The number of carbonyl (C=O) groups excluding carboxylic acids is 1. The van der Waals surface area contributed by atoms with Crippen molar-refractivity contribution in [2.75, 3.05) is 25.4 Å². The van der Waals surface area contributed by atoms with Crippen molar-refractivity contribution >= 4 is 34.9 Å². The van der Waals surface area contributed by atoms with Gasteiger partial charge in [0.05, 0.1) is 5.02 Å². The summed E-state index contributed by atoms with van der Waals surface area (Å²) in [6, 6.07) is 9.74. The molecule has 0 aliphatic rings. The van der Waals surface area contributed by atoms with Gasteiger partial charge >= 0.3 is 0 Å². The number of primary amides is 1. The SMILES string of the molecule is CCN(CC)CCc1cc(C(N)=O)ccc1-c1cnc(N)c(OC(C)c2c(Cl)ccc(F)c2Cl)c1. The first-order chi connectivity index (χ1) is 16.7. The molecule has 0 saturated carbocycles. The highest BCUT2D eigenvalue weighted by Crippen LogP contribution is 2.37. The topological polar surface area (TPSA) is 94.5 Å². The largest absolute Gasteiger partial charge is 0.482 e. The molecule has 0 aliphatic heterocycles. The summed E-state index contributed by atoms with van der Waals surface area (Å²) < 4.78 is 20.1. The van der Waals surface area contributed by atoms with Gasteiger partial charge in [-0.15, -0.1) is 0 Å². The van der Waals surface area contributed by atoms with Crippen molar-refractivity contribution in [2.24, 2.45) is 5.73 Å². The number of halogens is 3. The minimum Gasteiger partial charge on any atom is -0.482 e. The number of hydrogen-bond acceptors (Lipinski definition) is 5. The molecule has 3 rings (SSSR count). The van der Waals surface area contributed by atoms with E-state index in [2.05, 4.69) is 23.7 Å². The van der Waals surface area contributed by atoms with Crippen LogP contribution in [0.1, 0.15) is 48.4 Å². The van der Waals surface area contributed by atoms with Gasteiger partial charge in [-0.2, -0.15) is 0 Å². The molecule has 3 aromatic rings. The average molecular weight is 519 g/mol. The van der Waals surface area contributed by atoms with Crippen LogP contribution in [0.4, 0.5) is 10.2 Å². The van der Waals surface area contributed by atoms with Crippen molar-refractivity contribution in [1.82, 2.24) is 9.88 Å². The van der Waals surface area contributed by atoms with Crippen molar-refractivity contribution < 1.29 is 13.9 Å². The Hall–Kier alpha value is -2.87. The summed E-state index contributed by atoms with van der Waals surface area (Å²) in [6.45, 7) is 8.58.